The summed E-state index contributed by atoms with van der Waals surface area (Å²) in [5.74, 6) is 2.57. The average Bonchev–Trinajstić information content (AvgIpc) is 0.722. The quantitative estimate of drug-likeness (QED) is 0.100. The molecule has 0 amide bonds. The third kappa shape index (κ3) is 12.2. The lowest BCUT2D eigenvalue weighted by Crippen LogP contribution is -2.11. The van der Waals surface area contributed by atoms with Gasteiger partial charge in [-0.3, -0.25) is 0 Å². The molecule has 0 unspecified atom stereocenters. The molecule has 0 saturated carbocycles. The van der Waals surface area contributed by atoms with E-state index < -0.39 is 0 Å². The van der Waals surface area contributed by atoms with Gasteiger partial charge in [0, 0.05) is 68.2 Å². The predicted molar refractivity (Wildman–Crippen MR) is 433 cm³/mol. The zero-order valence-corrected chi connectivity index (χ0v) is 56.7. The Morgan fingerprint density at radius 2 is 0.519 bits per heavy atom. The van der Waals surface area contributed by atoms with Gasteiger partial charge in [0.05, 0.1) is 11.4 Å². The molecule has 0 aliphatic rings. The second-order valence-corrected chi connectivity index (χ2v) is 25.9. The van der Waals surface area contributed by atoms with E-state index in [1.165, 1.54) is 76.1 Å². The van der Waals surface area contributed by atoms with Crippen LogP contribution in [-0.4, -0.2) is 24.9 Å². The van der Waals surface area contributed by atoms with Crippen molar-refractivity contribution in [1.29, 1.82) is 0 Å². The summed E-state index contributed by atoms with van der Waals surface area (Å²) in [5.41, 5.74) is 19.7. The lowest BCUT2D eigenvalue weighted by molar-refractivity contribution is 1.07. The number of nitrogens with zero attached hydrogens (tertiary/aromatic N) is 7. The van der Waals surface area contributed by atoms with Crippen molar-refractivity contribution in [1.82, 2.24) is 24.9 Å². The lowest BCUT2D eigenvalue weighted by Gasteiger charge is -2.29. The molecule has 2 aromatic heterocycles. The fourth-order valence-corrected chi connectivity index (χ4v) is 14.6. The Morgan fingerprint density at radius 1 is 0.183 bits per heavy atom. The van der Waals surface area contributed by atoms with Gasteiger partial charge in [-0.05, 0) is 179 Å². The summed E-state index contributed by atoms with van der Waals surface area (Å²) in [5, 5.41) is 12.3. The van der Waals surface area contributed by atoms with E-state index in [0.29, 0.717) is 23.3 Å². The van der Waals surface area contributed by atoms with Crippen LogP contribution < -0.4 is 9.80 Å². The Morgan fingerprint density at radius 3 is 1.01 bits per heavy atom. The van der Waals surface area contributed by atoms with Gasteiger partial charge in [-0.1, -0.05) is 291 Å². The Balaban J connectivity index is 0.000000149. The normalized spacial score (nSPS) is 11.3. The zero-order valence-electron chi connectivity index (χ0n) is 56.7. The molecule has 0 aliphatic carbocycles. The molecule has 0 bridgehead atoms. The van der Waals surface area contributed by atoms with Gasteiger partial charge >= 0.3 is 0 Å². The van der Waals surface area contributed by atoms with Gasteiger partial charge in [0.25, 0.3) is 0 Å². The van der Waals surface area contributed by atoms with Gasteiger partial charge in [0.1, 0.15) is 0 Å². The van der Waals surface area contributed by atoms with Crippen molar-refractivity contribution in [3.63, 3.8) is 0 Å². The topological polar surface area (TPSA) is 70.9 Å². The van der Waals surface area contributed by atoms with Crippen molar-refractivity contribution in [2.24, 2.45) is 0 Å². The number of rotatable bonds is 14. The van der Waals surface area contributed by atoms with Crippen molar-refractivity contribution in [2.75, 3.05) is 9.80 Å². The van der Waals surface area contributed by atoms with E-state index in [4.69, 9.17) is 15.0 Å². The molecule has 0 spiro atoms. The number of fused-ring (bicyclic) bond motifs is 3. The van der Waals surface area contributed by atoms with Gasteiger partial charge in [-0.25, -0.2) is 24.9 Å². The number of aromatic nitrogens is 5. The number of hydrogen-bond donors (Lipinski definition) is 0. The highest BCUT2D eigenvalue weighted by atomic mass is 15.2. The minimum Gasteiger partial charge on any atom is -0.310 e. The van der Waals surface area contributed by atoms with E-state index in [0.717, 1.165) is 78.6 Å². The molecule has 0 aliphatic heterocycles. The van der Waals surface area contributed by atoms with E-state index in [1.807, 2.05) is 66.7 Å². The summed E-state index contributed by atoms with van der Waals surface area (Å²) in [6.07, 6.45) is 3.53. The van der Waals surface area contributed by atoms with Crippen LogP contribution >= 0.6 is 0 Å². The monoisotopic (exact) mass is 1330 g/mol. The minimum atomic E-state index is 0.611. The Hall–Kier alpha value is -14.0. The fraction of sp³-hybridized carbons (Fsp3) is 0. The molecule has 488 valence electrons. The van der Waals surface area contributed by atoms with E-state index in [-0.39, 0.29) is 0 Å². The third-order valence-electron chi connectivity index (χ3n) is 19.6. The highest BCUT2D eigenvalue weighted by Crippen LogP contribution is 2.49. The summed E-state index contributed by atoms with van der Waals surface area (Å²) in [4.78, 5) is 28.8. The van der Waals surface area contributed by atoms with Gasteiger partial charge in [-0.2, -0.15) is 0 Å². The van der Waals surface area contributed by atoms with Crippen LogP contribution in [0.4, 0.5) is 34.1 Å². The van der Waals surface area contributed by atoms with Crippen LogP contribution in [0.15, 0.2) is 395 Å². The fourth-order valence-electron chi connectivity index (χ4n) is 14.6. The smallest absolute Gasteiger partial charge is 0.164 e. The van der Waals surface area contributed by atoms with E-state index in [1.54, 1.807) is 12.4 Å². The van der Waals surface area contributed by atoms with E-state index >= 15 is 0 Å². The third-order valence-corrected chi connectivity index (χ3v) is 19.6. The maximum absolute atomic E-state index is 5.10. The second-order valence-electron chi connectivity index (χ2n) is 25.9. The van der Waals surface area contributed by atoms with Crippen molar-refractivity contribution in [3.8, 4) is 90.1 Å². The van der Waals surface area contributed by atoms with E-state index in [9.17, 15) is 0 Å². The summed E-state index contributed by atoms with van der Waals surface area (Å²) in [7, 11) is 0. The molecule has 104 heavy (non-hydrogen) atoms. The average molecular weight is 1330 g/mol. The molecule has 7 heteroatoms. The molecule has 0 N–H and O–H groups in total. The SMILES string of the molecule is c1ccc(-c2ccc(N(c3ccccc3)c3ccc4ccc5c(N(c6ccccc6)c6ccc(-c7ccccc7)cc6)ccc6ccc3c4c65)cc2)cc1.c1ccc(-c2nc(-c3ccccc3)nc(-c3cc(-c4ccc(-c5ncccn5)cc4)cc(-c4cc5ccccc5c5ccccc45)c3)n2)cc1. The van der Waals surface area contributed by atoms with Gasteiger partial charge < -0.3 is 9.80 Å². The second kappa shape index (κ2) is 27.6. The predicted octanol–water partition coefficient (Wildman–Crippen LogP) is 25.8. The molecular weight excluding hydrogens is 1260 g/mol. The van der Waals surface area contributed by atoms with Crippen LogP contribution in [0.3, 0.4) is 0 Å². The minimum absolute atomic E-state index is 0.611. The van der Waals surface area contributed by atoms with Crippen LogP contribution in [0, 0.1) is 0 Å². The molecule has 2 heterocycles. The van der Waals surface area contributed by atoms with Crippen LogP contribution in [0.25, 0.3) is 144 Å². The summed E-state index contributed by atoms with van der Waals surface area (Å²) in [6.45, 7) is 0. The molecule has 19 aromatic rings. The summed E-state index contributed by atoms with van der Waals surface area (Å²) in [6, 6.07) is 135. The first kappa shape index (κ1) is 62.3. The van der Waals surface area contributed by atoms with Crippen molar-refractivity contribution in [3.05, 3.63) is 395 Å². The van der Waals surface area contributed by atoms with Crippen molar-refractivity contribution >= 4 is 88.0 Å². The highest BCUT2D eigenvalue weighted by molar-refractivity contribution is 6.28. The number of anilines is 6. The molecule has 0 radical (unpaired) electrons. The molecule has 0 fully saturated rings. The van der Waals surface area contributed by atoms with Crippen LogP contribution in [-0.2, 0) is 0 Å². The molecule has 17 aromatic carbocycles. The highest BCUT2D eigenvalue weighted by Gasteiger charge is 2.23. The first-order valence-electron chi connectivity index (χ1n) is 35.1. The maximum Gasteiger partial charge on any atom is 0.164 e. The number of hydrogen-bond acceptors (Lipinski definition) is 7. The molecule has 0 atom stereocenters. The van der Waals surface area contributed by atoms with Gasteiger partial charge in [-0.15, -0.1) is 0 Å². The number of benzene rings is 17. The van der Waals surface area contributed by atoms with Crippen LogP contribution in [0.5, 0.6) is 0 Å². The maximum atomic E-state index is 5.10. The molecule has 0 saturated heterocycles. The number of para-hydroxylation sites is 2. The Labute approximate surface area is 603 Å². The first-order chi connectivity index (χ1) is 51.6. The van der Waals surface area contributed by atoms with E-state index in [2.05, 4.69) is 335 Å². The Bertz CT molecular complexity index is 5970. The van der Waals surface area contributed by atoms with Gasteiger partial charge in [0.2, 0.25) is 0 Å². The zero-order chi connectivity index (χ0) is 69.1. The standard InChI is InChI=1S/C52H36N2.C45H29N5/c1-5-13-37(14-6-1)39-21-29-45(30-22-39)53(43-17-9-3-10-18-43)49-35-27-41-26-34-48-50(36-28-42-25-33-47(49)51(41)52(42)48)54(44-19-11-4-12-20-44)46-31-23-40(24-32-46)38-15-7-2-8-16-38;1-3-12-31(13-4-1)43-48-44(32-14-5-2-6-15-32)50-45(49-43)37-27-35(30-20-22-33(23-21-30)42-46-24-11-25-47-42)26-36(28-37)41-29-34-16-7-8-17-38(34)39-18-9-10-19-40(39)41/h1-36H;1-29H. The van der Waals surface area contributed by atoms with Crippen LogP contribution in [0.1, 0.15) is 0 Å². The lowest BCUT2D eigenvalue weighted by atomic mass is 9.90. The summed E-state index contributed by atoms with van der Waals surface area (Å²) >= 11 is 0. The first-order valence-corrected chi connectivity index (χ1v) is 35.1. The molecular formula is C97H65N7. The molecule has 7 nitrogen and oxygen atoms in total. The van der Waals surface area contributed by atoms with Crippen molar-refractivity contribution < 1.29 is 0 Å². The Kier molecular flexibility index (Phi) is 16.5. The summed E-state index contributed by atoms with van der Waals surface area (Å²) < 4.78 is 0. The largest absolute Gasteiger partial charge is 0.310 e. The van der Waals surface area contributed by atoms with Crippen molar-refractivity contribution in [2.45, 2.75) is 0 Å². The molecule has 19 rings (SSSR count). The van der Waals surface area contributed by atoms with Gasteiger partial charge in [0.15, 0.2) is 23.3 Å². The van der Waals surface area contributed by atoms with Crippen LogP contribution in [0.2, 0.25) is 0 Å².